The topological polar surface area (TPSA) is 15.3 Å². The Morgan fingerprint density at radius 2 is 1.74 bits per heavy atom. The zero-order valence-electron chi connectivity index (χ0n) is 14.4. The van der Waals surface area contributed by atoms with Crippen LogP contribution >= 0.6 is 0 Å². The smallest absolute Gasteiger partial charge is 0.0370 e. The van der Waals surface area contributed by atoms with E-state index in [-0.39, 0.29) is 0 Å². The lowest BCUT2D eigenvalue weighted by Crippen LogP contribution is -2.35. The van der Waals surface area contributed by atoms with Crippen molar-refractivity contribution < 1.29 is 0 Å². The summed E-state index contributed by atoms with van der Waals surface area (Å²) < 4.78 is 0. The van der Waals surface area contributed by atoms with Crippen molar-refractivity contribution in [2.45, 2.75) is 33.2 Å². The largest absolute Gasteiger partial charge is 0.385 e. The van der Waals surface area contributed by atoms with Gasteiger partial charge < -0.3 is 5.32 Å². The monoisotopic (exact) mass is 308 g/mol. The molecule has 0 unspecified atom stereocenters. The summed E-state index contributed by atoms with van der Waals surface area (Å²) in [6.07, 6.45) is 2.59. The van der Waals surface area contributed by atoms with Crippen molar-refractivity contribution in [3.05, 3.63) is 65.2 Å². The Kier molecular flexibility index (Phi) is 5.35. The van der Waals surface area contributed by atoms with Crippen molar-refractivity contribution in [3.63, 3.8) is 0 Å². The minimum absolute atomic E-state index is 0.794. The molecule has 0 amide bonds. The van der Waals surface area contributed by atoms with E-state index in [9.17, 15) is 0 Å². The number of hydrogen-bond acceptors (Lipinski definition) is 2. The predicted molar refractivity (Wildman–Crippen MR) is 98.8 cm³/mol. The van der Waals surface area contributed by atoms with Gasteiger partial charge in [-0.3, -0.25) is 4.90 Å². The van der Waals surface area contributed by atoms with E-state index in [4.69, 9.17) is 0 Å². The quantitative estimate of drug-likeness (QED) is 0.866. The van der Waals surface area contributed by atoms with Crippen molar-refractivity contribution in [1.82, 2.24) is 4.90 Å². The zero-order chi connectivity index (χ0) is 16.1. The highest BCUT2D eigenvalue weighted by Crippen LogP contribution is 2.21. The first-order valence-corrected chi connectivity index (χ1v) is 8.78. The first-order chi connectivity index (χ1) is 11.2. The van der Waals surface area contributed by atoms with Gasteiger partial charge in [0.1, 0.15) is 0 Å². The number of nitrogens with one attached hydrogen (secondary N) is 1. The zero-order valence-corrected chi connectivity index (χ0v) is 14.4. The van der Waals surface area contributed by atoms with Crippen LogP contribution in [0.5, 0.6) is 0 Å². The Labute approximate surface area is 140 Å². The number of nitrogens with zero attached hydrogens (tertiary/aromatic N) is 1. The maximum absolute atomic E-state index is 3.66. The standard InChI is InChI=1S/C21H28N2/c1-17-8-9-21(18(2)14-17)22-15-19-10-12-23(13-11-19)16-20-6-4-3-5-7-20/h3-9,14,19,22H,10-13,15-16H2,1-2H3. The van der Waals surface area contributed by atoms with Gasteiger partial charge in [-0.15, -0.1) is 0 Å². The summed E-state index contributed by atoms with van der Waals surface area (Å²) in [5.74, 6) is 0.794. The van der Waals surface area contributed by atoms with Crippen molar-refractivity contribution in [2.24, 2.45) is 5.92 Å². The highest BCUT2D eigenvalue weighted by molar-refractivity contribution is 5.51. The maximum Gasteiger partial charge on any atom is 0.0370 e. The number of anilines is 1. The van der Waals surface area contributed by atoms with Crippen LogP contribution in [0.15, 0.2) is 48.5 Å². The molecule has 2 aromatic carbocycles. The molecule has 2 aromatic rings. The Morgan fingerprint density at radius 3 is 2.43 bits per heavy atom. The van der Waals surface area contributed by atoms with Crippen LogP contribution in [0.3, 0.4) is 0 Å². The molecule has 1 saturated heterocycles. The molecule has 0 radical (unpaired) electrons. The van der Waals surface area contributed by atoms with Crippen LogP contribution in [0, 0.1) is 19.8 Å². The number of rotatable bonds is 5. The van der Waals surface area contributed by atoms with Gasteiger partial charge in [-0.05, 0) is 62.9 Å². The van der Waals surface area contributed by atoms with Gasteiger partial charge in [-0.2, -0.15) is 0 Å². The maximum atomic E-state index is 3.66. The summed E-state index contributed by atoms with van der Waals surface area (Å²) in [6.45, 7) is 8.97. The Balaban J connectivity index is 1.44. The fourth-order valence-corrected chi connectivity index (χ4v) is 3.46. The molecule has 122 valence electrons. The first kappa shape index (κ1) is 16.1. The van der Waals surface area contributed by atoms with E-state index in [1.54, 1.807) is 0 Å². The number of aryl methyl sites for hydroxylation is 2. The van der Waals surface area contributed by atoms with Crippen molar-refractivity contribution in [1.29, 1.82) is 0 Å². The molecule has 3 rings (SSSR count). The van der Waals surface area contributed by atoms with Crippen LogP contribution in [0.1, 0.15) is 29.5 Å². The number of piperidine rings is 1. The van der Waals surface area contributed by atoms with Gasteiger partial charge in [0, 0.05) is 18.8 Å². The summed E-state index contributed by atoms with van der Waals surface area (Å²) >= 11 is 0. The summed E-state index contributed by atoms with van der Waals surface area (Å²) in [5.41, 5.74) is 5.41. The molecule has 23 heavy (non-hydrogen) atoms. The van der Waals surface area contributed by atoms with Crippen LogP contribution in [0.2, 0.25) is 0 Å². The van der Waals surface area contributed by atoms with Crippen LogP contribution in [0.4, 0.5) is 5.69 Å². The molecule has 0 aromatic heterocycles. The lowest BCUT2D eigenvalue weighted by molar-refractivity contribution is 0.182. The molecular formula is C21H28N2. The molecule has 0 atom stereocenters. The summed E-state index contributed by atoms with van der Waals surface area (Å²) in [6, 6.07) is 17.5. The molecule has 2 nitrogen and oxygen atoms in total. The SMILES string of the molecule is Cc1ccc(NCC2CCN(Cc3ccccc3)CC2)c(C)c1. The van der Waals surface area contributed by atoms with E-state index in [1.165, 1.54) is 48.3 Å². The molecule has 0 aliphatic carbocycles. The Morgan fingerprint density at radius 1 is 1.00 bits per heavy atom. The normalized spacial score (nSPS) is 16.4. The van der Waals surface area contributed by atoms with E-state index in [1.807, 2.05) is 0 Å². The molecule has 1 aliphatic heterocycles. The number of likely N-dealkylation sites (tertiary alicyclic amines) is 1. The average Bonchev–Trinajstić information content (AvgIpc) is 2.56. The third-order valence-electron chi connectivity index (χ3n) is 4.92. The van der Waals surface area contributed by atoms with E-state index < -0.39 is 0 Å². The summed E-state index contributed by atoms with van der Waals surface area (Å²) in [4.78, 5) is 2.59. The molecule has 1 N–H and O–H groups in total. The second kappa shape index (κ2) is 7.65. The molecule has 2 heteroatoms. The highest BCUT2D eigenvalue weighted by atomic mass is 15.1. The molecule has 0 bridgehead atoms. The molecule has 0 spiro atoms. The lowest BCUT2D eigenvalue weighted by Gasteiger charge is -2.32. The van der Waals surface area contributed by atoms with Gasteiger partial charge in [-0.25, -0.2) is 0 Å². The first-order valence-electron chi connectivity index (χ1n) is 8.78. The van der Waals surface area contributed by atoms with Gasteiger partial charge in [0.25, 0.3) is 0 Å². The van der Waals surface area contributed by atoms with Crippen LogP contribution in [0.25, 0.3) is 0 Å². The van der Waals surface area contributed by atoms with Gasteiger partial charge in [0.2, 0.25) is 0 Å². The lowest BCUT2D eigenvalue weighted by atomic mass is 9.96. The Bertz CT molecular complexity index is 613. The fraction of sp³-hybridized carbons (Fsp3) is 0.429. The van der Waals surface area contributed by atoms with E-state index in [0.29, 0.717) is 0 Å². The van der Waals surface area contributed by atoms with Gasteiger partial charge in [-0.1, -0.05) is 48.0 Å². The molecule has 0 saturated carbocycles. The summed E-state index contributed by atoms with van der Waals surface area (Å²) in [5, 5.41) is 3.66. The second-order valence-electron chi connectivity index (χ2n) is 6.90. The summed E-state index contributed by atoms with van der Waals surface area (Å²) in [7, 11) is 0. The van der Waals surface area contributed by atoms with E-state index in [0.717, 1.165) is 19.0 Å². The van der Waals surface area contributed by atoms with E-state index in [2.05, 4.69) is 72.6 Å². The van der Waals surface area contributed by atoms with Crippen molar-refractivity contribution >= 4 is 5.69 Å². The van der Waals surface area contributed by atoms with E-state index >= 15 is 0 Å². The van der Waals surface area contributed by atoms with Gasteiger partial charge >= 0.3 is 0 Å². The van der Waals surface area contributed by atoms with Crippen molar-refractivity contribution in [2.75, 3.05) is 25.0 Å². The fourth-order valence-electron chi connectivity index (χ4n) is 3.46. The van der Waals surface area contributed by atoms with Gasteiger partial charge in [0.05, 0.1) is 0 Å². The average molecular weight is 308 g/mol. The molecule has 1 heterocycles. The minimum atomic E-state index is 0.794. The van der Waals surface area contributed by atoms with Crippen molar-refractivity contribution in [3.8, 4) is 0 Å². The molecule has 1 fully saturated rings. The minimum Gasteiger partial charge on any atom is -0.385 e. The highest BCUT2D eigenvalue weighted by Gasteiger charge is 2.19. The molecular weight excluding hydrogens is 280 g/mol. The second-order valence-corrected chi connectivity index (χ2v) is 6.90. The third kappa shape index (κ3) is 4.59. The van der Waals surface area contributed by atoms with Crippen LogP contribution in [-0.2, 0) is 6.54 Å². The number of benzene rings is 2. The van der Waals surface area contributed by atoms with Crippen LogP contribution < -0.4 is 5.32 Å². The predicted octanol–water partition coefficient (Wildman–Crippen LogP) is 4.63. The molecule has 1 aliphatic rings. The van der Waals surface area contributed by atoms with Crippen LogP contribution in [-0.4, -0.2) is 24.5 Å². The van der Waals surface area contributed by atoms with Gasteiger partial charge in [0.15, 0.2) is 0 Å². The third-order valence-corrected chi connectivity index (χ3v) is 4.92. The Hall–Kier alpha value is -1.80. The number of hydrogen-bond donors (Lipinski definition) is 1.